The van der Waals surface area contributed by atoms with E-state index in [1.54, 1.807) is 18.7 Å². The number of carbonyl (C=O) groups excluding carboxylic acids is 2. The predicted molar refractivity (Wildman–Crippen MR) is 119 cm³/mol. The quantitative estimate of drug-likeness (QED) is 0.616. The second kappa shape index (κ2) is 9.01. The summed E-state index contributed by atoms with van der Waals surface area (Å²) in [5, 5.41) is 0.398. The average molecular weight is 440 g/mol. The lowest BCUT2D eigenvalue weighted by Crippen LogP contribution is -2.41. The topological polar surface area (TPSA) is 92.4 Å². The minimum atomic E-state index is -0.593. The van der Waals surface area contributed by atoms with Crippen molar-refractivity contribution in [3.63, 3.8) is 0 Å². The number of fused-ring (bicyclic) bond motifs is 1. The third-order valence-corrected chi connectivity index (χ3v) is 6.93. The Labute approximate surface area is 184 Å². The molecule has 1 amide bonds. The molecule has 7 nitrogen and oxygen atoms in total. The fourth-order valence-electron chi connectivity index (χ4n) is 4.06. The van der Waals surface area contributed by atoms with Crippen LogP contribution >= 0.6 is 11.3 Å². The van der Waals surface area contributed by atoms with E-state index in [9.17, 15) is 14.4 Å². The van der Waals surface area contributed by atoms with Crippen molar-refractivity contribution in [1.82, 2.24) is 14.9 Å². The maximum atomic E-state index is 12.6. The second-order valence-electron chi connectivity index (χ2n) is 7.98. The van der Waals surface area contributed by atoms with Gasteiger partial charge in [-0.25, -0.2) is 9.78 Å². The molecule has 162 valence electrons. The number of rotatable bonds is 5. The van der Waals surface area contributed by atoms with Gasteiger partial charge in [0.25, 0.3) is 11.5 Å². The van der Waals surface area contributed by atoms with E-state index in [2.05, 4.69) is 22.1 Å². The highest BCUT2D eigenvalue weighted by Gasteiger charge is 2.25. The van der Waals surface area contributed by atoms with E-state index in [0.29, 0.717) is 45.5 Å². The number of esters is 1. The van der Waals surface area contributed by atoms with Gasteiger partial charge in [0.05, 0.1) is 5.39 Å². The Bertz CT molecular complexity index is 1160. The zero-order valence-electron chi connectivity index (χ0n) is 17.6. The number of amides is 1. The number of likely N-dealkylation sites (tertiary alicyclic amines) is 1. The third-order valence-electron chi connectivity index (χ3n) is 5.77. The predicted octanol–water partition coefficient (Wildman–Crippen LogP) is 3.24. The molecule has 3 aromatic rings. The van der Waals surface area contributed by atoms with Crippen LogP contribution in [0.2, 0.25) is 0 Å². The monoisotopic (exact) mass is 439 g/mol. The number of aromatic nitrogens is 2. The van der Waals surface area contributed by atoms with E-state index >= 15 is 0 Å². The number of ether oxygens (including phenoxy) is 1. The van der Waals surface area contributed by atoms with Gasteiger partial charge in [-0.3, -0.25) is 9.59 Å². The molecule has 1 aliphatic heterocycles. The first kappa shape index (κ1) is 21.2. The lowest BCUT2D eigenvalue weighted by molar-refractivity contribution is -0.135. The Hall–Kier alpha value is -3.00. The highest BCUT2D eigenvalue weighted by atomic mass is 32.1. The molecule has 1 N–H and O–H groups in total. The standard InChI is InChI=1S/C23H25N3O4S/c1-14-19-21(28)24-15(2)25-22(19)31-20(14)23(29)30-13-18(27)26-10-8-17(9-11-26)12-16-6-4-3-5-7-16/h3-7,17H,8-13H2,1-2H3,(H,24,25,28). The summed E-state index contributed by atoms with van der Waals surface area (Å²) in [6.45, 7) is 4.44. The van der Waals surface area contributed by atoms with Crippen molar-refractivity contribution in [3.8, 4) is 0 Å². The number of nitrogens with zero attached hydrogens (tertiary/aromatic N) is 2. The van der Waals surface area contributed by atoms with Gasteiger partial charge in [0.15, 0.2) is 6.61 Å². The van der Waals surface area contributed by atoms with Gasteiger partial charge in [-0.2, -0.15) is 0 Å². The summed E-state index contributed by atoms with van der Waals surface area (Å²) in [7, 11) is 0. The number of aryl methyl sites for hydroxylation is 2. The van der Waals surface area contributed by atoms with Crippen molar-refractivity contribution in [2.45, 2.75) is 33.1 Å². The Kier molecular flexibility index (Phi) is 6.18. The van der Waals surface area contributed by atoms with Crippen LogP contribution in [0, 0.1) is 19.8 Å². The molecule has 4 rings (SSSR count). The highest BCUT2D eigenvalue weighted by molar-refractivity contribution is 7.20. The zero-order valence-corrected chi connectivity index (χ0v) is 18.5. The number of nitrogens with one attached hydrogen (secondary N) is 1. The van der Waals surface area contributed by atoms with Gasteiger partial charge >= 0.3 is 5.97 Å². The van der Waals surface area contributed by atoms with Crippen molar-refractivity contribution in [3.05, 3.63) is 62.5 Å². The molecule has 31 heavy (non-hydrogen) atoms. The first-order valence-electron chi connectivity index (χ1n) is 10.4. The molecule has 0 radical (unpaired) electrons. The third kappa shape index (κ3) is 4.69. The largest absolute Gasteiger partial charge is 0.451 e. The molecule has 8 heteroatoms. The molecule has 0 spiro atoms. The number of H-pyrrole nitrogens is 1. The molecule has 0 saturated carbocycles. The molecule has 0 unspecified atom stereocenters. The van der Waals surface area contributed by atoms with E-state index < -0.39 is 5.97 Å². The van der Waals surface area contributed by atoms with E-state index in [0.717, 1.165) is 30.6 Å². The molecular formula is C23H25N3O4S. The van der Waals surface area contributed by atoms with Crippen LogP contribution in [0.1, 0.15) is 39.5 Å². The Morgan fingerprint density at radius 2 is 1.90 bits per heavy atom. The minimum Gasteiger partial charge on any atom is -0.451 e. The molecule has 1 aliphatic rings. The number of carbonyl (C=O) groups is 2. The fraction of sp³-hybridized carbons (Fsp3) is 0.391. The molecule has 2 aromatic heterocycles. The van der Waals surface area contributed by atoms with Crippen molar-refractivity contribution >= 4 is 33.4 Å². The number of aromatic amines is 1. The van der Waals surface area contributed by atoms with Crippen LogP contribution in [0.15, 0.2) is 35.1 Å². The maximum absolute atomic E-state index is 12.6. The highest BCUT2D eigenvalue weighted by Crippen LogP contribution is 2.27. The number of benzene rings is 1. The molecule has 0 aliphatic carbocycles. The second-order valence-corrected chi connectivity index (χ2v) is 8.98. The smallest absolute Gasteiger partial charge is 0.349 e. The first-order valence-corrected chi connectivity index (χ1v) is 11.2. The van der Waals surface area contributed by atoms with Crippen molar-refractivity contribution < 1.29 is 14.3 Å². The molecule has 3 heterocycles. The SMILES string of the molecule is Cc1nc2sc(C(=O)OCC(=O)N3CCC(Cc4ccccc4)CC3)c(C)c2c(=O)[nH]1. The van der Waals surface area contributed by atoms with Crippen LogP contribution in [0.5, 0.6) is 0 Å². The van der Waals surface area contributed by atoms with Gasteiger partial charge in [0, 0.05) is 13.1 Å². The van der Waals surface area contributed by atoms with Gasteiger partial charge in [-0.05, 0) is 50.2 Å². The molecule has 1 saturated heterocycles. The minimum absolute atomic E-state index is 0.183. The van der Waals surface area contributed by atoms with Gasteiger partial charge in [0.2, 0.25) is 0 Å². The van der Waals surface area contributed by atoms with Gasteiger partial charge < -0.3 is 14.6 Å². The number of hydrogen-bond acceptors (Lipinski definition) is 6. The van der Waals surface area contributed by atoms with Crippen LogP contribution in [0.4, 0.5) is 0 Å². The molecule has 1 aromatic carbocycles. The van der Waals surface area contributed by atoms with Crippen LogP contribution in [0.25, 0.3) is 10.2 Å². The van der Waals surface area contributed by atoms with E-state index in [1.807, 2.05) is 18.2 Å². The summed E-state index contributed by atoms with van der Waals surface area (Å²) >= 11 is 1.12. The van der Waals surface area contributed by atoms with Crippen LogP contribution in [-0.2, 0) is 16.0 Å². The fourth-order valence-corrected chi connectivity index (χ4v) is 5.19. The maximum Gasteiger partial charge on any atom is 0.349 e. The number of piperidine rings is 1. The van der Waals surface area contributed by atoms with Crippen LogP contribution in [0.3, 0.4) is 0 Å². The van der Waals surface area contributed by atoms with E-state index in [-0.39, 0.29) is 18.1 Å². The summed E-state index contributed by atoms with van der Waals surface area (Å²) in [6, 6.07) is 10.4. The molecular weight excluding hydrogens is 414 g/mol. The summed E-state index contributed by atoms with van der Waals surface area (Å²) < 4.78 is 5.29. The molecule has 1 fully saturated rings. The van der Waals surface area contributed by atoms with Gasteiger partial charge in [0.1, 0.15) is 15.5 Å². The molecule has 0 atom stereocenters. The van der Waals surface area contributed by atoms with E-state index in [1.165, 1.54) is 5.56 Å². The van der Waals surface area contributed by atoms with Crippen molar-refractivity contribution in [1.29, 1.82) is 0 Å². The van der Waals surface area contributed by atoms with Gasteiger partial charge in [-0.1, -0.05) is 30.3 Å². The van der Waals surface area contributed by atoms with Crippen LogP contribution in [-0.4, -0.2) is 46.4 Å². The van der Waals surface area contributed by atoms with E-state index in [4.69, 9.17) is 4.74 Å². The molecule has 0 bridgehead atoms. The normalized spacial score (nSPS) is 14.7. The summed E-state index contributed by atoms with van der Waals surface area (Å²) in [5.74, 6) is 0.274. The lowest BCUT2D eigenvalue weighted by Gasteiger charge is -2.32. The Morgan fingerprint density at radius 3 is 2.61 bits per heavy atom. The Balaban J connectivity index is 1.32. The van der Waals surface area contributed by atoms with Crippen molar-refractivity contribution in [2.24, 2.45) is 5.92 Å². The van der Waals surface area contributed by atoms with Crippen LogP contribution < -0.4 is 5.56 Å². The average Bonchev–Trinajstić information content (AvgIpc) is 3.09. The summed E-state index contributed by atoms with van der Waals surface area (Å²) in [6.07, 6.45) is 2.91. The number of hydrogen-bond donors (Lipinski definition) is 1. The zero-order chi connectivity index (χ0) is 22.0. The number of thiophene rings is 1. The lowest BCUT2D eigenvalue weighted by atomic mass is 9.90. The van der Waals surface area contributed by atoms with Gasteiger partial charge in [-0.15, -0.1) is 11.3 Å². The summed E-state index contributed by atoms with van der Waals surface area (Å²) in [5.41, 5.74) is 1.58. The first-order chi connectivity index (χ1) is 14.9. The Morgan fingerprint density at radius 1 is 1.19 bits per heavy atom. The summed E-state index contributed by atoms with van der Waals surface area (Å²) in [4.78, 5) is 46.8. The van der Waals surface area contributed by atoms with Crippen molar-refractivity contribution in [2.75, 3.05) is 19.7 Å².